The standard InChI is InChI=1S/C15H20O3/c1-11(6-8-16)5-7-15(18)12(2)9-13(17)10-14(15,3)4/h6,9,16,18H,8,10H2,1-4H3/t15-/m0/s1. The minimum absolute atomic E-state index is 0.0200. The predicted molar refractivity (Wildman–Crippen MR) is 70.7 cm³/mol. The van der Waals surface area contributed by atoms with E-state index in [0.29, 0.717) is 11.1 Å². The summed E-state index contributed by atoms with van der Waals surface area (Å²) in [6.45, 7) is 7.09. The first kappa shape index (κ1) is 14.7. The highest BCUT2D eigenvalue weighted by atomic mass is 16.3. The number of hydrogen-bond donors (Lipinski definition) is 2. The lowest BCUT2D eigenvalue weighted by Crippen LogP contribution is -2.48. The fraction of sp³-hybridized carbons (Fsp3) is 0.533. The van der Waals surface area contributed by atoms with Gasteiger partial charge in [0.2, 0.25) is 0 Å². The summed E-state index contributed by atoms with van der Waals surface area (Å²) in [6, 6.07) is 0. The number of hydrogen-bond acceptors (Lipinski definition) is 3. The molecule has 0 aromatic heterocycles. The highest BCUT2D eigenvalue weighted by Gasteiger charge is 2.47. The molecule has 1 aliphatic carbocycles. The van der Waals surface area contributed by atoms with Crippen LogP contribution in [0.25, 0.3) is 0 Å². The largest absolute Gasteiger partial charge is 0.392 e. The molecule has 0 aromatic carbocycles. The van der Waals surface area contributed by atoms with Gasteiger partial charge in [0, 0.05) is 11.8 Å². The van der Waals surface area contributed by atoms with Gasteiger partial charge in [-0.2, -0.15) is 0 Å². The molecule has 0 unspecified atom stereocenters. The van der Waals surface area contributed by atoms with Crippen LogP contribution in [0.3, 0.4) is 0 Å². The quantitative estimate of drug-likeness (QED) is 0.693. The molecule has 2 N–H and O–H groups in total. The Morgan fingerprint density at radius 3 is 2.67 bits per heavy atom. The second-order valence-electron chi connectivity index (χ2n) is 5.38. The zero-order chi connectivity index (χ0) is 14.0. The summed E-state index contributed by atoms with van der Waals surface area (Å²) in [6.07, 6.45) is 3.32. The monoisotopic (exact) mass is 248 g/mol. The summed E-state index contributed by atoms with van der Waals surface area (Å²) in [4.78, 5) is 11.5. The maximum Gasteiger partial charge on any atom is 0.156 e. The van der Waals surface area contributed by atoms with Crippen molar-refractivity contribution in [3.63, 3.8) is 0 Å². The Hall–Kier alpha value is -1.37. The van der Waals surface area contributed by atoms with Crippen molar-refractivity contribution >= 4 is 5.78 Å². The molecule has 3 nitrogen and oxygen atoms in total. The lowest BCUT2D eigenvalue weighted by atomic mass is 9.65. The van der Waals surface area contributed by atoms with Crippen molar-refractivity contribution in [3.05, 3.63) is 23.3 Å². The molecule has 0 spiro atoms. The van der Waals surface area contributed by atoms with Crippen LogP contribution in [0.15, 0.2) is 23.3 Å². The summed E-state index contributed by atoms with van der Waals surface area (Å²) < 4.78 is 0. The molecule has 0 radical (unpaired) electrons. The summed E-state index contributed by atoms with van der Waals surface area (Å²) in [7, 11) is 0. The molecule has 0 heterocycles. The van der Waals surface area contributed by atoms with Crippen LogP contribution >= 0.6 is 0 Å². The van der Waals surface area contributed by atoms with E-state index in [1.54, 1.807) is 19.9 Å². The van der Waals surface area contributed by atoms with Gasteiger partial charge in [-0.3, -0.25) is 4.79 Å². The number of carbonyl (C=O) groups is 1. The molecule has 98 valence electrons. The molecule has 3 heteroatoms. The van der Waals surface area contributed by atoms with E-state index in [1.807, 2.05) is 13.8 Å². The van der Waals surface area contributed by atoms with Gasteiger partial charge in [-0.25, -0.2) is 0 Å². The van der Waals surface area contributed by atoms with Gasteiger partial charge >= 0.3 is 0 Å². The van der Waals surface area contributed by atoms with Crippen molar-refractivity contribution < 1.29 is 15.0 Å². The first-order valence-electron chi connectivity index (χ1n) is 5.98. The summed E-state index contributed by atoms with van der Waals surface area (Å²) >= 11 is 0. The van der Waals surface area contributed by atoms with E-state index in [2.05, 4.69) is 11.8 Å². The lowest BCUT2D eigenvalue weighted by Gasteiger charge is -2.42. The van der Waals surface area contributed by atoms with Crippen LogP contribution < -0.4 is 0 Å². The van der Waals surface area contributed by atoms with Crippen LogP contribution in [0, 0.1) is 17.3 Å². The smallest absolute Gasteiger partial charge is 0.156 e. The Bertz CT molecular complexity index is 472. The second kappa shape index (κ2) is 5.09. The molecule has 0 bridgehead atoms. The minimum atomic E-state index is -1.30. The van der Waals surface area contributed by atoms with E-state index >= 15 is 0 Å². The topological polar surface area (TPSA) is 57.5 Å². The van der Waals surface area contributed by atoms with E-state index < -0.39 is 11.0 Å². The first-order valence-corrected chi connectivity index (χ1v) is 5.98. The average molecular weight is 248 g/mol. The van der Waals surface area contributed by atoms with E-state index in [0.717, 1.165) is 0 Å². The molecule has 0 amide bonds. The molecule has 0 fully saturated rings. The summed E-state index contributed by atoms with van der Waals surface area (Å²) in [5, 5.41) is 19.5. The molecule has 0 aromatic rings. The van der Waals surface area contributed by atoms with E-state index in [9.17, 15) is 9.90 Å². The van der Waals surface area contributed by atoms with Crippen molar-refractivity contribution in [2.75, 3.05) is 6.61 Å². The van der Waals surface area contributed by atoms with Crippen LogP contribution in [0.4, 0.5) is 0 Å². The number of aliphatic hydroxyl groups is 2. The van der Waals surface area contributed by atoms with Crippen molar-refractivity contribution in [1.29, 1.82) is 0 Å². The average Bonchev–Trinajstić information content (AvgIpc) is 2.23. The summed E-state index contributed by atoms with van der Waals surface area (Å²) in [5.74, 6) is 5.71. The van der Waals surface area contributed by atoms with Gasteiger partial charge in [-0.05, 0) is 37.1 Å². The molecule has 1 aliphatic rings. The molecule has 1 rings (SSSR count). The van der Waals surface area contributed by atoms with Crippen LogP contribution in [0.2, 0.25) is 0 Å². The molecular weight excluding hydrogens is 228 g/mol. The van der Waals surface area contributed by atoms with Gasteiger partial charge in [-0.15, -0.1) is 0 Å². The molecular formula is C15H20O3. The maximum absolute atomic E-state index is 11.5. The van der Waals surface area contributed by atoms with Crippen LogP contribution in [-0.2, 0) is 4.79 Å². The summed E-state index contributed by atoms with van der Waals surface area (Å²) in [5.41, 5.74) is -0.639. The number of ketones is 1. The molecule has 18 heavy (non-hydrogen) atoms. The van der Waals surface area contributed by atoms with E-state index in [1.165, 1.54) is 6.08 Å². The Morgan fingerprint density at radius 1 is 1.56 bits per heavy atom. The Morgan fingerprint density at radius 2 is 2.17 bits per heavy atom. The fourth-order valence-electron chi connectivity index (χ4n) is 2.14. The van der Waals surface area contributed by atoms with E-state index in [-0.39, 0.29) is 18.8 Å². The van der Waals surface area contributed by atoms with Gasteiger partial charge in [0.25, 0.3) is 0 Å². The number of aliphatic hydroxyl groups excluding tert-OH is 1. The first-order chi connectivity index (χ1) is 8.23. The highest BCUT2D eigenvalue weighted by Crippen LogP contribution is 2.42. The lowest BCUT2D eigenvalue weighted by molar-refractivity contribution is -0.121. The minimum Gasteiger partial charge on any atom is -0.392 e. The normalized spacial score (nSPS) is 27.3. The van der Waals surface area contributed by atoms with Crippen LogP contribution in [0.1, 0.15) is 34.1 Å². The Balaban J connectivity index is 3.21. The maximum atomic E-state index is 11.5. The predicted octanol–water partition coefficient (Wildman–Crippen LogP) is 1.60. The molecule has 0 aliphatic heterocycles. The Kier molecular flexibility index (Phi) is 4.16. The van der Waals surface area contributed by atoms with Gasteiger partial charge in [0.15, 0.2) is 11.4 Å². The van der Waals surface area contributed by atoms with Gasteiger partial charge in [-0.1, -0.05) is 25.7 Å². The van der Waals surface area contributed by atoms with Crippen LogP contribution in [-0.4, -0.2) is 28.2 Å². The van der Waals surface area contributed by atoms with Crippen molar-refractivity contribution in [2.24, 2.45) is 5.41 Å². The highest BCUT2D eigenvalue weighted by molar-refractivity contribution is 5.93. The van der Waals surface area contributed by atoms with Crippen molar-refractivity contribution in [1.82, 2.24) is 0 Å². The fourth-order valence-corrected chi connectivity index (χ4v) is 2.14. The van der Waals surface area contributed by atoms with Crippen molar-refractivity contribution in [3.8, 4) is 11.8 Å². The van der Waals surface area contributed by atoms with Gasteiger partial charge in [0.05, 0.1) is 6.61 Å². The molecule has 0 saturated heterocycles. The van der Waals surface area contributed by atoms with Gasteiger partial charge in [0.1, 0.15) is 0 Å². The Labute approximate surface area is 108 Å². The zero-order valence-electron chi connectivity index (χ0n) is 11.4. The van der Waals surface area contributed by atoms with E-state index in [4.69, 9.17) is 5.11 Å². The number of allylic oxidation sites excluding steroid dienone is 2. The molecule has 0 saturated carbocycles. The molecule has 1 atom stereocenters. The number of carbonyl (C=O) groups excluding carboxylic acids is 1. The third-order valence-electron chi connectivity index (χ3n) is 3.38. The zero-order valence-corrected chi connectivity index (χ0v) is 11.4. The van der Waals surface area contributed by atoms with Crippen molar-refractivity contribution in [2.45, 2.75) is 39.7 Å². The SMILES string of the molecule is CC(C#C[C@]1(O)C(C)=CC(=O)CC1(C)C)=CCO. The second-order valence-corrected chi connectivity index (χ2v) is 5.38. The third kappa shape index (κ3) is 2.72. The van der Waals surface area contributed by atoms with Gasteiger partial charge < -0.3 is 10.2 Å². The third-order valence-corrected chi connectivity index (χ3v) is 3.38. The van der Waals surface area contributed by atoms with Crippen LogP contribution in [0.5, 0.6) is 0 Å². The number of rotatable bonds is 1.